The van der Waals surface area contributed by atoms with Gasteiger partial charge in [-0.25, -0.2) is 4.39 Å². The van der Waals surface area contributed by atoms with Crippen molar-refractivity contribution in [3.63, 3.8) is 0 Å². The molecule has 2 nitrogen and oxygen atoms in total. The van der Waals surface area contributed by atoms with Gasteiger partial charge in [0.2, 0.25) is 0 Å². The molecule has 0 radical (unpaired) electrons. The van der Waals surface area contributed by atoms with Gasteiger partial charge in [-0.15, -0.1) is 0 Å². The molecular weight excluding hydrogens is 231 g/mol. The van der Waals surface area contributed by atoms with E-state index in [0.29, 0.717) is 5.56 Å². The van der Waals surface area contributed by atoms with Crippen LogP contribution in [0.4, 0.5) is 4.39 Å². The molecule has 0 N–H and O–H groups in total. The summed E-state index contributed by atoms with van der Waals surface area (Å²) in [6.07, 6.45) is 0. The van der Waals surface area contributed by atoms with E-state index >= 15 is 0 Å². The normalized spacial score (nSPS) is 10.1. The first-order valence-electron chi connectivity index (χ1n) is 5.64. The third-order valence-electron chi connectivity index (χ3n) is 2.64. The van der Waals surface area contributed by atoms with Crippen LogP contribution in [0.3, 0.4) is 0 Å². The average molecular weight is 244 g/mol. The molecule has 0 saturated carbocycles. The minimum atomic E-state index is -0.463. The van der Waals surface area contributed by atoms with Gasteiger partial charge in [-0.1, -0.05) is 36.4 Å². The number of ether oxygens (including phenoxy) is 1. The Morgan fingerprint density at radius 2 is 1.78 bits per heavy atom. The Kier molecular flexibility index (Phi) is 3.72. The van der Waals surface area contributed by atoms with Gasteiger partial charge in [0.1, 0.15) is 0 Å². The monoisotopic (exact) mass is 244 g/mol. The number of benzene rings is 2. The summed E-state index contributed by atoms with van der Waals surface area (Å²) >= 11 is 0. The molecule has 0 atom stereocenters. The van der Waals surface area contributed by atoms with Crippen molar-refractivity contribution in [2.45, 2.75) is 6.92 Å². The predicted molar refractivity (Wildman–Crippen MR) is 67.4 cm³/mol. The molecule has 0 unspecified atom stereocenters. The van der Waals surface area contributed by atoms with Crippen molar-refractivity contribution in [3.8, 4) is 5.75 Å². The second-order valence-electron chi connectivity index (χ2n) is 3.96. The van der Waals surface area contributed by atoms with Crippen molar-refractivity contribution in [2.75, 3.05) is 6.61 Å². The van der Waals surface area contributed by atoms with Crippen LogP contribution in [0.15, 0.2) is 48.5 Å². The lowest BCUT2D eigenvalue weighted by Crippen LogP contribution is -2.13. The number of ketones is 1. The first-order chi connectivity index (χ1) is 8.68. The van der Waals surface area contributed by atoms with Gasteiger partial charge in [0.05, 0.1) is 0 Å². The van der Waals surface area contributed by atoms with E-state index in [0.717, 1.165) is 5.56 Å². The van der Waals surface area contributed by atoms with E-state index in [1.54, 1.807) is 24.3 Å². The molecule has 0 fully saturated rings. The highest BCUT2D eigenvalue weighted by Crippen LogP contribution is 2.16. The molecule has 18 heavy (non-hydrogen) atoms. The van der Waals surface area contributed by atoms with Crippen LogP contribution >= 0.6 is 0 Å². The zero-order valence-electron chi connectivity index (χ0n) is 10.0. The van der Waals surface area contributed by atoms with Crippen molar-refractivity contribution in [1.82, 2.24) is 0 Å². The van der Waals surface area contributed by atoms with Gasteiger partial charge in [0.15, 0.2) is 24.0 Å². The first-order valence-corrected chi connectivity index (χ1v) is 5.64. The molecule has 0 bridgehead atoms. The number of rotatable bonds is 4. The molecule has 2 aromatic carbocycles. The molecule has 0 spiro atoms. The maximum absolute atomic E-state index is 13.3. The SMILES string of the molecule is Cc1ccccc1C(=O)COc1ccccc1F. The van der Waals surface area contributed by atoms with Crippen LogP contribution < -0.4 is 4.74 Å². The number of halogens is 1. The minimum absolute atomic E-state index is 0.0967. The molecular formula is C15H13FO2. The van der Waals surface area contributed by atoms with E-state index in [1.807, 2.05) is 19.1 Å². The van der Waals surface area contributed by atoms with E-state index in [1.165, 1.54) is 12.1 Å². The van der Waals surface area contributed by atoms with Gasteiger partial charge < -0.3 is 4.74 Å². The minimum Gasteiger partial charge on any atom is -0.482 e. The summed E-state index contributed by atoms with van der Waals surface area (Å²) in [6.45, 7) is 1.70. The zero-order valence-corrected chi connectivity index (χ0v) is 10.0. The number of aryl methyl sites for hydroxylation is 1. The second-order valence-corrected chi connectivity index (χ2v) is 3.96. The number of hydrogen-bond donors (Lipinski definition) is 0. The number of hydrogen-bond acceptors (Lipinski definition) is 2. The van der Waals surface area contributed by atoms with Crippen molar-refractivity contribution in [1.29, 1.82) is 0 Å². The van der Waals surface area contributed by atoms with E-state index in [4.69, 9.17) is 4.74 Å². The number of para-hydroxylation sites is 1. The molecule has 0 amide bonds. The van der Waals surface area contributed by atoms with Gasteiger partial charge in [-0.2, -0.15) is 0 Å². The summed E-state index contributed by atoms with van der Waals surface area (Å²) < 4.78 is 18.5. The fraction of sp³-hybridized carbons (Fsp3) is 0.133. The van der Waals surface area contributed by atoms with E-state index in [2.05, 4.69) is 0 Å². The van der Waals surface area contributed by atoms with Crippen LogP contribution in [-0.2, 0) is 0 Å². The van der Waals surface area contributed by atoms with Crippen LogP contribution in [0.1, 0.15) is 15.9 Å². The predicted octanol–water partition coefficient (Wildman–Crippen LogP) is 3.40. The molecule has 2 rings (SSSR count). The zero-order chi connectivity index (χ0) is 13.0. The van der Waals surface area contributed by atoms with Crippen LogP contribution in [0, 0.1) is 12.7 Å². The Hall–Kier alpha value is -2.16. The smallest absolute Gasteiger partial charge is 0.200 e. The molecule has 0 heterocycles. The third kappa shape index (κ3) is 2.74. The van der Waals surface area contributed by atoms with Crippen molar-refractivity contribution in [2.24, 2.45) is 0 Å². The first kappa shape index (κ1) is 12.3. The van der Waals surface area contributed by atoms with Crippen LogP contribution in [0.2, 0.25) is 0 Å². The highest BCUT2D eigenvalue weighted by Gasteiger charge is 2.10. The van der Waals surface area contributed by atoms with Crippen LogP contribution in [0.5, 0.6) is 5.75 Å². The van der Waals surface area contributed by atoms with E-state index < -0.39 is 5.82 Å². The average Bonchev–Trinajstić information content (AvgIpc) is 2.38. The van der Waals surface area contributed by atoms with E-state index in [9.17, 15) is 9.18 Å². The standard InChI is InChI=1S/C15H13FO2/c1-11-6-2-3-7-12(11)14(17)10-18-15-9-5-4-8-13(15)16/h2-9H,10H2,1H3. The van der Waals surface area contributed by atoms with Gasteiger partial charge in [0, 0.05) is 5.56 Å². The number of Topliss-reactive ketones (excluding diaryl/α,β-unsaturated/α-hetero) is 1. The summed E-state index contributed by atoms with van der Waals surface area (Å²) in [5, 5.41) is 0. The third-order valence-corrected chi connectivity index (χ3v) is 2.64. The van der Waals surface area contributed by atoms with Gasteiger partial charge in [0.25, 0.3) is 0 Å². The number of carbonyl (C=O) groups excluding carboxylic acids is 1. The maximum atomic E-state index is 13.3. The van der Waals surface area contributed by atoms with Crippen molar-refractivity contribution >= 4 is 5.78 Å². The van der Waals surface area contributed by atoms with Crippen LogP contribution in [0.25, 0.3) is 0 Å². The summed E-state index contributed by atoms with van der Waals surface area (Å²) in [7, 11) is 0. The lowest BCUT2D eigenvalue weighted by Gasteiger charge is -2.07. The summed E-state index contributed by atoms with van der Waals surface area (Å²) in [4.78, 5) is 11.9. The quantitative estimate of drug-likeness (QED) is 0.770. The lowest BCUT2D eigenvalue weighted by molar-refractivity contribution is 0.0918. The van der Waals surface area contributed by atoms with Crippen molar-refractivity contribution in [3.05, 3.63) is 65.5 Å². The molecule has 3 heteroatoms. The maximum Gasteiger partial charge on any atom is 0.200 e. The fourth-order valence-electron chi connectivity index (χ4n) is 1.67. The Morgan fingerprint density at radius 1 is 1.11 bits per heavy atom. The molecule has 0 aliphatic rings. The highest BCUT2D eigenvalue weighted by molar-refractivity contribution is 5.98. The molecule has 0 aliphatic carbocycles. The van der Waals surface area contributed by atoms with Gasteiger partial charge in [-0.05, 0) is 24.6 Å². The molecule has 92 valence electrons. The summed E-state index contributed by atoms with van der Waals surface area (Å²) in [5.41, 5.74) is 1.49. The topological polar surface area (TPSA) is 26.3 Å². The Labute approximate surface area is 105 Å². The Morgan fingerprint density at radius 3 is 2.50 bits per heavy atom. The molecule has 2 aromatic rings. The van der Waals surface area contributed by atoms with Crippen molar-refractivity contribution < 1.29 is 13.9 Å². The molecule has 0 saturated heterocycles. The second kappa shape index (κ2) is 5.45. The molecule has 0 aromatic heterocycles. The van der Waals surface area contributed by atoms with Gasteiger partial charge in [-0.3, -0.25) is 4.79 Å². The van der Waals surface area contributed by atoms with Crippen LogP contribution in [-0.4, -0.2) is 12.4 Å². The number of carbonyl (C=O) groups is 1. The summed E-state index contributed by atoms with van der Waals surface area (Å²) in [6, 6.07) is 13.3. The Bertz CT molecular complexity index is 564. The van der Waals surface area contributed by atoms with E-state index in [-0.39, 0.29) is 18.1 Å². The lowest BCUT2D eigenvalue weighted by atomic mass is 10.1. The largest absolute Gasteiger partial charge is 0.482 e. The van der Waals surface area contributed by atoms with Gasteiger partial charge >= 0.3 is 0 Å². The molecule has 0 aliphatic heterocycles. The fourth-order valence-corrected chi connectivity index (χ4v) is 1.67. The Balaban J connectivity index is 2.06. The highest BCUT2D eigenvalue weighted by atomic mass is 19.1. The summed E-state index contributed by atoms with van der Waals surface area (Å²) in [5.74, 6) is -0.522.